The molecular weight excluding hydrogens is 208 g/mol. The van der Waals surface area contributed by atoms with Gasteiger partial charge in [0, 0.05) is 12.6 Å². The summed E-state index contributed by atoms with van der Waals surface area (Å²) < 4.78 is 4.55. The molecule has 0 fully saturated rings. The van der Waals surface area contributed by atoms with Gasteiger partial charge in [-0.2, -0.15) is 0 Å². The fraction of sp³-hybridized carbons (Fsp3) is 0.500. The molecule has 1 heterocycles. The lowest BCUT2D eigenvalue weighted by atomic mass is 10.2. The van der Waals surface area contributed by atoms with Gasteiger partial charge in [-0.25, -0.2) is 9.78 Å². The zero-order valence-electron chi connectivity index (χ0n) is 9.43. The predicted octanol–water partition coefficient (Wildman–Crippen LogP) is 0.412. The number of nitrogens with two attached hydrogens (primary N) is 1. The highest BCUT2D eigenvalue weighted by molar-refractivity contribution is 5.87. The van der Waals surface area contributed by atoms with Crippen LogP contribution in [0.15, 0.2) is 12.4 Å². The lowest BCUT2D eigenvalue weighted by Crippen LogP contribution is -2.28. The number of anilines is 1. The third-order valence-electron chi connectivity index (χ3n) is 2.16. The van der Waals surface area contributed by atoms with Crippen molar-refractivity contribution in [3.05, 3.63) is 18.1 Å². The molecule has 0 spiro atoms. The summed E-state index contributed by atoms with van der Waals surface area (Å²) in [6.45, 7) is 2.52. The van der Waals surface area contributed by atoms with Crippen molar-refractivity contribution in [3.63, 3.8) is 0 Å². The maximum Gasteiger partial charge on any atom is 0.358 e. The molecule has 1 unspecified atom stereocenters. The van der Waals surface area contributed by atoms with E-state index in [4.69, 9.17) is 5.73 Å². The summed E-state index contributed by atoms with van der Waals surface area (Å²) in [5.74, 6) is 0.0251. The molecule has 3 N–H and O–H groups in total. The zero-order chi connectivity index (χ0) is 12.0. The van der Waals surface area contributed by atoms with E-state index >= 15 is 0 Å². The number of carbonyl (C=O) groups excluding carboxylic acids is 1. The fourth-order valence-electron chi connectivity index (χ4n) is 1.18. The first-order valence-electron chi connectivity index (χ1n) is 5.08. The number of nitrogens with zero attached hydrogens (tertiary/aromatic N) is 2. The van der Waals surface area contributed by atoms with Crippen LogP contribution in [-0.4, -0.2) is 35.6 Å². The molecule has 1 atom stereocenters. The zero-order valence-corrected chi connectivity index (χ0v) is 9.43. The van der Waals surface area contributed by atoms with E-state index in [1.165, 1.54) is 13.3 Å². The minimum absolute atomic E-state index is 0.127. The Morgan fingerprint density at radius 1 is 1.62 bits per heavy atom. The van der Waals surface area contributed by atoms with E-state index in [2.05, 4.69) is 20.0 Å². The molecule has 0 radical (unpaired) electrons. The molecule has 6 nitrogen and oxygen atoms in total. The number of esters is 1. The van der Waals surface area contributed by atoms with Gasteiger partial charge in [0.25, 0.3) is 0 Å². The molecule has 88 valence electrons. The van der Waals surface area contributed by atoms with Crippen molar-refractivity contribution in [2.75, 3.05) is 19.0 Å². The summed E-state index contributed by atoms with van der Waals surface area (Å²) in [4.78, 5) is 19.2. The molecule has 0 bridgehead atoms. The van der Waals surface area contributed by atoms with Crippen LogP contribution in [0.4, 0.5) is 5.82 Å². The van der Waals surface area contributed by atoms with E-state index in [1.54, 1.807) is 6.20 Å². The third-order valence-corrected chi connectivity index (χ3v) is 2.16. The number of carbonyl (C=O) groups is 1. The number of hydrogen-bond donors (Lipinski definition) is 2. The smallest absolute Gasteiger partial charge is 0.358 e. The minimum atomic E-state index is -0.503. The van der Waals surface area contributed by atoms with Gasteiger partial charge < -0.3 is 15.8 Å². The molecule has 0 amide bonds. The summed E-state index contributed by atoms with van der Waals surface area (Å²) in [5, 5.41) is 3.09. The van der Waals surface area contributed by atoms with Crippen molar-refractivity contribution < 1.29 is 9.53 Å². The van der Waals surface area contributed by atoms with Crippen molar-refractivity contribution in [2.45, 2.75) is 19.4 Å². The number of aromatic nitrogens is 2. The number of nitrogens with one attached hydrogen (secondary N) is 1. The molecular formula is C10H16N4O2. The van der Waals surface area contributed by atoms with Gasteiger partial charge in [-0.1, -0.05) is 6.92 Å². The number of rotatable bonds is 5. The Balaban J connectivity index is 2.78. The van der Waals surface area contributed by atoms with Gasteiger partial charge >= 0.3 is 5.97 Å². The topological polar surface area (TPSA) is 90.1 Å². The number of ether oxygens (including phenoxy) is 1. The average molecular weight is 224 g/mol. The highest BCUT2D eigenvalue weighted by Crippen LogP contribution is 2.06. The maximum absolute atomic E-state index is 11.2. The summed E-state index contributed by atoms with van der Waals surface area (Å²) >= 11 is 0. The Morgan fingerprint density at radius 2 is 2.38 bits per heavy atom. The third kappa shape index (κ3) is 3.16. The van der Waals surface area contributed by atoms with Gasteiger partial charge in [0.2, 0.25) is 0 Å². The normalized spacial score (nSPS) is 11.9. The standard InChI is InChI=1S/C10H16N4O2/c1-3-7(4-11)13-9-6-12-5-8(14-9)10(15)16-2/h5-7H,3-4,11H2,1-2H3,(H,13,14). The fourth-order valence-corrected chi connectivity index (χ4v) is 1.18. The van der Waals surface area contributed by atoms with Gasteiger partial charge in [0.1, 0.15) is 5.82 Å². The van der Waals surface area contributed by atoms with Crippen molar-refractivity contribution in [3.8, 4) is 0 Å². The van der Waals surface area contributed by atoms with E-state index in [0.29, 0.717) is 12.4 Å². The van der Waals surface area contributed by atoms with E-state index < -0.39 is 5.97 Å². The number of methoxy groups -OCH3 is 1. The van der Waals surface area contributed by atoms with Crippen LogP contribution >= 0.6 is 0 Å². The van der Waals surface area contributed by atoms with Crippen LogP contribution in [0.5, 0.6) is 0 Å². The molecule has 0 aliphatic carbocycles. The average Bonchev–Trinajstić information content (AvgIpc) is 2.35. The van der Waals surface area contributed by atoms with Crippen molar-refractivity contribution in [2.24, 2.45) is 5.73 Å². The largest absolute Gasteiger partial charge is 0.464 e. The summed E-state index contributed by atoms with van der Waals surface area (Å²) in [5.41, 5.74) is 5.73. The second kappa shape index (κ2) is 6.02. The second-order valence-electron chi connectivity index (χ2n) is 3.27. The molecule has 1 rings (SSSR count). The van der Waals surface area contributed by atoms with Crippen LogP contribution in [0.1, 0.15) is 23.8 Å². The van der Waals surface area contributed by atoms with Crippen LogP contribution in [0.2, 0.25) is 0 Å². The Kier molecular flexibility index (Phi) is 4.65. The van der Waals surface area contributed by atoms with Crippen molar-refractivity contribution in [1.29, 1.82) is 0 Å². The Hall–Kier alpha value is -1.69. The minimum Gasteiger partial charge on any atom is -0.464 e. The molecule has 0 aromatic carbocycles. The number of hydrogen-bond acceptors (Lipinski definition) is 6. The van der Waals surface area contributed by atoms with Gasteiger partial charge in [-0.15, -0.1) is 0 Å². The molecule has 0 aliphatic heterocycles. The van der Waals surface area contributed by atoms with Crippen LogP contribution in [0, 0.1) is 0 Å². The predicted molar refractivity (Wildman–Crippen MR) is 60.1 cm³/mol. The summed E-state index contributed by atoms with van der Waals surface area (Å²) in [7, 11) is 1.30. The van der Waals surface area contributed by atoms with E-state index in [9.17, 15) is 4.79 Å². The first-order chi connectivity index (χ1) is 7.71. The van der Waals surface area contributed by atoms with Crippen LogP contribution < -0.4 is 11.1 Å². The van der Waals surface area contributed by atoms with Gasteiger partial charge in [0.05, 0.1) is 19.5 Å². The van der Waals surface area contributed by atoms with Crippen molar-refractivity contribution in [1.82, 2.24) is 9.97 Å². The highest BCUT2D eigenvalue weighted by atomic mass is 16.5. The van der Waals surface area contributed by atoms with Crippen LogP contribution in [0.3, 0.4) is 0 Å². The first-order valence-corrected chi connectivity index (χ1v) is 5.08. The molecule has 0 saturated carbocycles. The van der Waals surface area contributed by atoms with Crippen molar-refractivity contribution >= 4 is 11.8 Å². The Morgan fingerprint density at radius 3 is 2.94 bits per heavy atom. The Labute approximate surface area is 94.2 Å². The van der Waals surface area contributed by atoms with Gasteiger partial charge in [-0.3, -0.25) is 4.98 Å². The molecule has 1 aromatic heterocycles. The molecule has 0 saturated heterocycles. The van der Waals surface area contributed by atoms with E-state index in [0.717, 1.165) is 6.42 Å². The maximum atomic E-state index is 11.2. The highest BCUT2D eigenvalue weighted by Gasteiger charge is 2.10. The Bertz CT molecular complexity index is 352. The quantitative estimate of drug-likeness (QED) is 0.704. The van der Waals surface area contributed by atoms with Gasteiger partial charge in [-0.05, 0) is 6.42 Å². The molecule has 0 aliphatic rings. The first kappa shape index (κ1) is 12.4. The lowest BCUT2D eigenvalue weighted by molar-refractivity contribution is 0.0593. The SMILES string of the molecule is CCC(CN)Nc1cncc(C(=O)OC)n1. The van der Waals surface area contributed by atoms with Crippen LogP contribution in [0.25, 0.3) is 0 Å². The molecule has 1 aromatic rings. The lowest BCUT2D eigenvalue weighted by Gasteiger charge is -2.14. The summed E-state index contributed by atoms with van der Waals surface area (Å²) in [6, 6.07) is 0.127. The van der Waals surface area contributed by atoms with Crippen LogP contribution in [-0.2, 0) is 4.74 Å². The van der Waals surface area contributed by atoms with E-state index in [1.807, 2.05) is 6.92 Å². The summed E-state index contributed by atoms with van der Waals surface area (Å²) in [6.07, 6.45) is 3.78. The van der Waals surface area contributed by atoms with Gasteiger partial charge in [0.15, 0.2) is 5.69 Å². The molecule has 6 heteroatoms. The monoisotopic (exact) mass is 224 g/mol. The second-order valence-corrected chi connectivity index (χ2v) is 3.27. The molecule has 16 heavy (non-hydrogen) atoms. The van der Waals surface area contributed by atoms with E-state index in [-0.39, 0.29) is 11.7 Å².